The van der Waals surface area contributed by atoms with Crippen molar-refractivity contribution in [2.75, 3.05) is 40.4 Å². The maximum absolute atomic E-state index is 3.89. The van der Waals surface area contributed by atoms with E-state index in [1.54, 1.807) is 21.0 Å². The zero-order valence-corrected chi connectivity index (χ0v) is 16.3. The fourth-order valence-electron chi connectivity index (χ4n) is 4.14. The van der Waals surface area contributed by atoms with Crippen LogP contribution < -0.4 is 5.32 Å². The molecule has 2 rings (SSSR count). The SMILES string of the molecule is C[CH2][Ge]1([CH2]C)[CH2]CC2(C[CH2]1)CN(CCCN(C)C)CN2. The van der Waals surface area contributed by atoms with E-state index in [2.05, 4.69) is 43.1 Å². The number of hydrogen-bond donors (Lipinski definition) is 1. The molecule has 0 aromatic carbocycles. The van der Waals surface area contributed by atoms with Gasteiger partial charge in [0, 0.05) is 0 Å². The molecule has 2 saturated heterocycles. The van der Waals surface area contributed by atoms with E-state index in [9.17, 15) is 0 Å². The van der Waals surface area contributed by atoms with E-state index in [4.69, 9.17) is 0 Å². The van der Waals surface area contributed by atoms with E-state index in [0.29, 0.717) is 5.54 Å². The Morgan fingerprint density at radius 1 is 1.15 bits per heavy atom. The summed E-state index contributed by atoms with van der Waals surface area (Å²) in [7, 11) is 4.35. The first-order valence-electron chi connectivity index (χ1n) is 8.65. The number of rotatable bonds is 6. The van der Waals surface area contributed by atoms with E-state index in [-0.39, 0.29) is 0 Å². The van der Waals surface area contributed by atoms with Gasteiger partial charge in [-0.1, -0.05) is 0 Å². The summed E-state index contributed by atoms with van der Waals surface area (Å²) < 4.78 is 0. The van der Waals surface area contributed by atoms with Crippen LogP contribution in [0, 0.1) is 0 Å². The normalized spacial score (nSPS) is 25.6. The average molecular weight is 342 g/mol. The van der Waals surface area contributed by atoms with Crippen LogP contribution in [0.2, 0.25) is 21.0 Å². The minimum atomic E-state index is -1.38. The molecular formula is C16H35GeN3. The van der Waals surface area contributed by atoms with Crippen LogP contribution in [-0.4, -0.2) is 69.0 Å². The molecule has 2 fully saturated rings. The second-order valence-electron chi connectivity index (χ2n) is 7.53. The zero-order chi connectivity index (χ0) is 14.6. The van der Waals surface area contributed by atoms with Crippen LogP contribution in [0.25, 0.3) is 0 Å². The van der Waals surface area contributed by atoms with Gasteiger partial charge in [-0.25, -0.2) is 0 Å². The molecule has 2 aliphatic heterocycles. The third-order valence-electron chi connectivity index (χ3n) is 6.05. The summed E-state index contributed by atoms with van der Waals surface area (Å²) in [6.07, 6.45) is 4.24. The molecule has 4 heteroatoms. The summed E-state index contributed by atoms with van der Waals surface area (Å²) in [6, 6.07) is 0. The molecule has 0 amide bonds. The van der Waals surface area contributed by atoms with Gasteiger partial charge >= 0.3 is 128 Å². The summed E-state index contributed by atoms with van der Waals surface area (Å²) >= 11 is -1.38. The minimum absolute atomic E-state index is 0.497. The maximum atomic E-state index is 3.89. The van der Waals surface area contributed by atoms with Gasteiger partial charge in [0.05, 0.1) is 0 Å². The van der Waals surface area contributed by atoms with E-state index in [1.807, 2.05) is 0 Å². The second kappa shape index (κ2) is 7.12. The van der Waals surface area contributed by atoms with Crippen molar-refractivity contribution in [3.8, 4) is 0 Å². The Morgan fingerprint density at radius 2 is 1.80 bits per heavy atom. The quantitative estimate of drug-likeness (QED) is 0.749. The van der Waals surface area contributed by atoms with Gasteiger partial charge in [0.2, 0.25) is 0 Å². The van der Waals surface area contributed by atoms with Crippen molar-refractivity contribution in [2.24, 2.45) is 0 Å². The molecular weight excluding hydrogens is 307 g/mol. The molecule has 2 aliphatic rings. The third-order valence-corrected chi connectivity index (χ3v) is 17.8. The zero-order valence-electron chi connectivity index (χ0n) is 14.2. The van der Waals surface area contributed by atoms with Crippen LogP contribution in [0.1, 0.15) is 33.1 Å². The Kier molecular flexibility index (Phi) is 5.98. The summed E-state index contributed by atoms with van der Waals surface area (Å²) in [4.78, 5) is 4.95. The van der Waals surface area contributed by atoms with Gasteiger partial charge in [0.15, 0.2) is 0 Å². The van der Waals surface area contributed by atoms with Crippen LogP contribution in [0.3, 0.4) is 0 Å². The Hall–Kier alpha value is 0.423. The molecule has 0 atom stereocenters. The van der Waals surface area contributed by atoms with Gasteiger partial charge in [-0.15, -0.1) is 0 Å². The molecule has 3 nitrogen and oxygen atoms in total. The number of hydrogen-bond acceptors (Lipinski definition) is 3. The fourth-order valence-corrected chi connectivity index (χ4v) is 12.9. The monoisotopic (exact) mass is 343 g/mol. The van der Waals surface area contributed by atoms with E-state index < -0.39 is 13.3 Å². The first-order chi connectivity index (χ1) is 9.53. The Balaban J connectivity index is 1.78. The van der Waals surface area contributed by atoms with Gasteiger partial charge in [-0.3, -0.25) is 0 Å². The van der Waals surface area contributed by atoms with Crippen molar-refractivity contribution in [1.82, 2.24) is 15.1 Å². The first kappa shape index (κ1) is 16.8. The summed E-state index contributed by atoms with van der Waals surface area (Å²) in [5.41, 5.74) is 0.497. The third kappa shape index (κ3) is 3.99. The predicted octanol–water partition coefficient (Wildman–Crippen LogP) is 2.82. The predicted molar refractivity (Wildman–Crippen MR) is 91.0 cm³/mol. The van der Waals surface area contributed by atoms with Crippen molar-refractivity contribution < 1.29 is 0 Å². The molecule has 0 bridgehead atoms. The van der Waals surface area contributed by atoms with Crippen LogP contribution in [-0.2, 0) is 0 Å². The van der Waals surface area contributed by atoms with Crippen molar-refractivity contribution in [3.05, 3.63) is 0 Å². The van der Waals surface area contributed by atoms with Crippen LogP contribution in [0.5, 0.6) is 0 Å². The van der Waals surface area contributed by atoms with Crippen molar-refractivity contribution in [2.45, 2.75) is 59.7 Å². The standard InChI is InChI=1S/C16H35GeN3/c1-5-17(6-2)10-8-16(9-11-17)14-20(15-18-16)13-7-12-19(3)4/h18H,5-15H2,1-4H3. The topological polar surface area (TPSA) is 18.5 Å². The van der Waals surface area contributed by atoms with Crippen LogP contribution in [0.15, 0.2) is 0 Å². The molecule has 0 aromatic heterocycles. The Bertz CT molecular complexity index is 292. The molecule has 0 saturated carbocycles. The molecule has 2 heterocycles. The molecule has 20 heavy (non-hydrogen) atoms. The first-order valence-corrected chi connectivity index (χ1v) is 14.6. The van der Waals surface area contributed by atoms with Gasteiger partial charge in [0.1, 0.15) is 0 Å². The van der Waals surface area contributed by atoms with Gasteiger partial charge in [0.25, 0.3) is 0 Å². The fraction of sp³-hybridized carbons (Fsp3) is 1.00. The van der Waals surface area contributed by atoms with E-state index in [0.717, 1.165) is 6.67 Å². The molecule has 0 radical (unpaired) electrons. The molecule has 1 N–H and O–H groups in total. The Labute approximate surface area is 128 Å². The van der Waals surface area contributed by atoms with Crippen LogP contribution in [0.4, 0.5) is 0 Å². The summed E-state index contributed by atoms with van der Waals surface area (Å²) in [5.74, 6) is 0. The van der Waals surface area contributed by atoms with E-state index >= 15 is 0 Å². The summed E-state index contributed by atoms with van der Waals surface area (Å²) in [5, 5.41) is 10.2. The number of nitrogens with zero attached hydrogens (tertiary/aromatic N) is 2. The van der Waals surface area contributed by atoms with Crippen molar-refractivity contribution in [3.63, 3.8) is 0 Å². The molecule has 0 aliphatic carbocycles. The summed E-state index contributed by atoms with van der Waals surface area (Å²) in [6.45, 7) is 9.86. The van der Waals surface area contributed by atoms with E-state index in [1.165, 1.54) is 38.9 Å². The van der Waals surface area contributed by atoms with Crippen molar-refractivity contribution in [1.29, 1.82) is 0 Å². The molecule has 118 valence electrons. The number of nitrogens with one attached hydrogen (secondary N) is 1. The molecule has 0 aromatic rings. The molecule has 1 spiro atoms. The van der Waals surface area contributed by atoms with Gasteiger partial charge < -0.3 is 0 Å². The molecule has 0 unspecified atom stereocenters. The van der Waals surface area contributed by atoms with Crippen LogP contribution >= 0.6 is 0 Å². The van der Waals surface area contributed by atoms with Gasteiger partial charge in [-0.05, 0) is 0 Å². The van der Waals surface area contributed by atoms with Gasteiger partial charge in [-0.2, -0.15) is 0 Å². The second-order valence-corrected chi connectivity index (χ2v) is 18.9. The Morgan fingerprint density at radius 3 is 2.35 bits per heavy atom. The van der Waals surface area contributed by atoms with Crippen molar-refractivity contribution >= 4 is 13.3 Å². The average Bonchev–Trinajstić information content (AvgIpc) is 2.84.